The fourth-order valence-electron chi connectivity index (χ4n) is 6.30. The van der Waals surface area contributed by atoms with Gasteiger partial charge in [0.1, 0.15) is 23.6 Å². The molecule has 1 saturated carbocycles. The van der Waals surface area contributed by atoms with Gasteiger partial charge in [-0.05, 0) is 67.3 Å². The Hall–Kier alpha value is -3.56. The van der Waals surface area contributed by atoms with Crippen LogP contribution in [0.3, 0.4) is 0 Å². The number of fused-ring (bicyclic) bond motifs is 4. The van der Waals surface area contributed by atoms with E-state index < -0.39 is 12.1 Å². The number of aromatic amines is 1. The van der Waals surface area contributed by atoms with E-state index in [-0.39, 0.29) is 17.7 Å². The first kappa shape index (κ1) is 24.5. The summed E-state index contributed by atoms with van der Waals surface area (Å²) in [7, 11) is 2.12. The average molecular weight is 530 g/mol. The van der Waals surface area contributed by atoms with Crippen LogP contribution in [-0.4, -0.2) is 101 Å². The maximum Gasteiger partial charge on any atom is 0.328 e. The molecule has 1 aliphatic carbocycles. The Labute approximate surface area is 227 Å². The Kier molecular flexibility index (Phi) is 6.01. The molecule has 1 aromatic heterocycles. The van der Waals surface area contributed by atoms with Gasteiger partial charge in [-0.25, -0.2) is 4.79 Å². The molecule has 9 nitrogen and oxygen atoms in total. The molecule has 3 fully saturated rings. The van der Waals surface area contributed by atoms with E-state index in [1.165, 1.54) is 17.7 Å². The molecule has 204 valence electrons. The number of H-pyrrole nitrogens is 1. The molecule has 9 heteroatoms. The van der Waals surface area contributed by atoms with Gasteiger partial charge in [0.15, 0.2) is 0 Å². The van der Waals surface area contributed by atoms with Gasteiger partial charge in [0, 0.05) is 62.3 Å². The van der Waals surface area contributed by atoms with Crippen LogP contribution in [0.1, 0.15) is 35.7 Å². The number of rotatable bonds is 7. The lowest BCUT2D eigenvalue weighted by atomic mass is 9.89. The minimum atomic E-state index is -0.583. The molecule has 2 atom stereocenters. The number of carbonyl (C=O) groups excluding carboxylic acids is 2. The number of phenolic OH excluding ortho intramolecular Hbond substituents is 1. The summed E-state index contributed by atoms with van der Waals surface area (Å²) >= 11 is 0. The largest absolute Gasteiger partial charge is 0.508 e. The number of nitrogens with zero attached hydrogens (tertiary/aromatic N) is 4. The van der Waals surface area contributed by atoms with E-state index in [1.807, 2.05) is 18.2 Å². The molecule has 0 spiro atoms. The molecule has 3 aliphatic heterocycles. The normalized spacial score (nSPS) is 23.9. The number of piperazine rings is 1. The smallest absolute Gasteiger partial charge is 0.328 e. The second-order valence-electron chi connectivity index (χ2n) is 11.5. The van der Waals surface area contributed by atoms with Crippen molar-refractivity contribution in [2.24, 2.45) is 5.92 Å². The van der Waals surface area contributed by atoms with Crippen LogP contribution < -0.4 is 4.74 Å². The molecule has 4 heterocycles. The predicted molar refractivity (Wildman–Crippen MR) is 147 cm³/mol. The van der Waals surface area contributed by atoms with Crippen LogP contribution in [0.4, 0.5) is 4.79 Å². The highest BCUT2D eigenvalue weighted by Gasteiger charge is 2.52. The Morgan fingerprint density at radius 2 is 1.85 bits per heavy atom. The second-order valence-corrected chi connectivity index (χ2v) is 11.5. The molecule has 2 N–H and O–H groups in total. The van der Waals surface area contributed by atoms with Crippen molar-refractivity contribution in [2.75, 3.05) is 52.9 Å². The van der Waals surface area contributed by atoms with Gasteiger partial charge in [-0.1, -0.05) is 12.1 Å². The third kappa shape index (κ3) is 4.43. The highest BCUT2D eigenvalue weighted by Crippen LogP contribution is 2.45. The van der Waals surface area contributed by atoms with Gasteiger partial charge in [0.05, 0.1) is 6.61 Å². The van der Waals surface area contributed by atoms with E-state index in [0.717, 1.165) is 66.3 Å². The van der Waals surface area contributed by atoms with Crippen molar-refractivity contribution in [2.45, 2.75) is 31.3 Å². The summed E-state index contributed by atoms with van der Waals surface area (Å²) in [4.78, 5) is 39.0. The monoisotopic (exact) mass is 529 g/mol. The highest BCUT2D eigenvalue weighted by molar-refractivity contribution is 6.05. The molecule has 0 radical (unpaired) electrons. The van der Waals surface area contributed by atoms with Crippen LogP contribution in [0.15, 0.2) is 42.5 Å². The standard InChI is InChI=1S/C30H35N5O4/c1-32-9-11-33(12-10-32)13-14-34-29(37)26-17-24-23-16-22(39-18-19-5-6-19)7-8-25(23)31-27(24)28(35(26)30(34)38)20-3-2-4-21(36)15-20/h2-4,7-8,15-16,19,26,28,31,36H,5-6,9-14,17-18H2,1H3. The summed E-state index contributed by atoms with van der Waals surface area (Å²) in [5.74, 6) is 1.48. The third-order valence-corrected chi connectivity index (χ3v) is 8.80. The van der Waals surface area contributed by atoms with Gasteiger partial charge < -0.3 is 19.7 Å². The van der Waals surface area contributed by atoms with Crippen LogP contribution >= 0.6 is 0 Å². The van der Waals surface area contributed by atoms with Crippen LogP contribution in [0.25, 0.3) is 10.9 Å². The van der Waals surface area contributed by atoms with Gasteiger partial charge >= 0.3 is 6.03 Å². The predicted octanol–water partition coefficient (Wildman–Crippen LogP) is 3.19. The van der Waals surface area contributed by atoms with Crippen LogP contribution in [0, 0.1) is 5.92 Å². The fraction of sp³-hybridized carbons (Fsp3) is 0.467. The molecular weight excluding hydrogens is 494 g/mol. The van der Waals surface area contributed by atoms with Gasteiger partial charge in [-0.2, -0.15) is 0 Å². The summed E-state index contributed by atoms with van der Waals surface area (Å²) in [5.41, 5.74) is 3.67. The topological polar surface area (TPSA) is 92.3 Å². The second kappa shape index (κ2) is 9.57. The fourth-order valence-corrected chi connectivity index (χ4v) is 6.30. The van der Waals surface area contributed by atoms with Crippen LogP contribution in [0.5, 0.6) is 11.5 Å². The van der Waals surface area contributed by atoms with E-state index in [0.29, 0.717) is 25.4 Å². The van der Waals surface area contributed by atoms with Crippen molar-refractivity contribution in [3.63, 3.8) is 0 Å². The van der Waals surface area contributed by atoms with Crippen LogP contribution in [0.2, 0.25) is 0 Å². The molecule has 0 bridgehead atoms. The minimum Gasteiger partial charge on any atom is -0.508 e. The number of phenols is 1. The number of hydrogen-bond donors (Lipinski definition) is 2. The number of urea groups is 1. The SMILES string of the molecule is CN1CCN(CCN2C(=O)C3Cc4c([nH]c5ccc(OCC6CC6)cc45)C(c4cccc(O)c4)N3C2=O)CC1. The number of amides is 3. The number of ether oxygens (including phenoxy) is 1. The number of aromatic hydroxyl groups is 1. The lowest BCUT2D eigenvalue weighted by Crippen LogP contribution is -2.47. The summed E-state index contributed by atoms with van der Waals surface area (Å²) in [5, 5.41) is 11.3. The molecular formula is C30H35N5O4. The molecule has 3 amide bonds. The van der Waals surface area contributed by atoms with Gasteiger partial charge in [-0.15, -0.1) is 0 Å². The molecule has 3 aromatic rings. The number of benzene rings is 2. The van der Waals surface area contributed by atoms with Crippen LogP contribution in [-0.2, 0) is 11.2 Å². The van der Waals surface area contributed by atoms with Gasteiger partial charge in [-0.3, -0.25) is 19.5 Å². The van der Waals surface area contributed by atoms with Crippen molar-refractivity contribution in [1.29, 1.82) is 0 Å². The molecule has 7 rings (SSSR count). The Bertz CT molecular complexity index is 1420. The molecule has 2 aromatic carbocycles. The Morgan fingerprint density at radius 1 is 1.03 bits per heavy atom. The van der Waals surface area contributed by atoms with E-state index in [4.69, 9.17) is 4.74 Å². The number of carbonyl (C=O) groups is 2. The first-order chi connectivity index (χ1) is 19.0. The van der Waals surface area contributed by atoms with Crippen molar-refractivity contribution in [3.8, 4) is 11.5 Å². The summed E-state index contributed by atoms with van der Waals surface area (Å²) < 4.78 is 6.07. The number of aromatic nitrogens is 1. The van der Waals surface area contributed by atoms with Gasteiger partial charge in [0.2, 0.25) is 0 Å². The Morgan fingerprint density at radius 3 is 2.62 bits per heavy atom. The quantitative estimate of drug-likeness (QED) is 0.457. The maximum atomic E-state index is 13.9. The maximum absolute atomic E-state index is 13.9. The zero-order chi connectivity index (χ0) is 26.7. The summed E-state index contributed by atoms with van der Waals surface area (Å²) in [6, 6.07) is 11.7. The number of nitrogens with one attached hydrogen (secondary N) is 1. The molecule has 2 unspecified atom stereocenters. The third-order valence-electron chi connectivity index (χ3n) is 8.80. The van der Waals surface area contributed by atoms with E-state index >= 15 is 0 Å². The Balaban J connectivity index is 1.23. The van der Waals surface area contributed by atoms with E-state index in [1.54, 1.807) is 23.1 Å². The highest BCUT2D eigenvalue weighted by atomic mass is 16.5. The lowest BCUT2D eigenvalue weighted by Gasteiger charge is -2.36. The van der Waals surface area contributed by atoms with E-state index in [2.05, 4.69) is 27.9 Å². The molecule has 4 aliphatic rings. The van der Waals surface area contributed by atoms with Crippen molar-refractivity contribution in [1.82, 2.24) is 24.6 Å². The summed E-state index contributed by atoms with van der Waals surface area (Å²) in [6.07, 6.45) is 2.91. The number of hydrogen-bond acceptors (Lipinski definition) is 6. The lowest BCUT2D eigenvalue weighted by molar-refractivity contribution is -0.128. The minimum absolute atomic E-state index is 0.132. The van der Waals surface area contributed by atoms with Gasteiger partial charge in [0.25, 0.3) is 5.91 Å². The number of imide groups is 1. The van der Waals surface area contributed by atoms with Crippen molar-refractivity contribution >= 4 is 22.8 Å². The van der Waals surface area contributed by atoms with E-state index in [9.17, 15) is 14.7 Å². The zero-order valence-corrected chi connectivity index (χ0v) is 22.3. The zero-order valence-electron chi connectivity index (χ0n) is 22.3. The first-order valence-corrected chi connectivity index (χ1v) is 14.1. The molecule has 39 heavy (non-hydrogen) atoms. The van der Waals surface area contributed by atoms with Crippen molar-refractivity contribution < 1.29 is 19.4 Å². The number of likely N-dealkylation sites (N-methyl/N-ethyl adjacent to an activating group) is 1. The van der Waals surface area contributed by atoms with Crippen molar-refractivity contribution in [3.05, 3.63) is 59.3 Å². The summed E-state index contributed by atoms with van der Waals surface area (Å²) in [6.45, 7) is 5.65. The first-order valence-electron chi connectivity index (χ1n) is 14.1. The average Bonchev–Trinajstić information content (AvgIpc) is 3.66. The molecule has 2 saturated heterocycles.